The van der Waals surface area contributed by atoms with Crippen LogP contribution < -0.4 is 21.5 Å². The van der Waals surface area contributed by atoms with Crippen molar-refractivity contribution in [2.45, 2.75) is 57.4 Å². The molecule has 1 heterocycles. The van der Waals surface area contributed by atoms with Crippen molar-refractivity contribution in [2.75, 3.05) is 10.6 Å². The lowest BCUT2D eigenvalue weighted by atomic mass is 9.72. The number of hydrogen-bond acceptors (Lipinski definition) is 4. The van der Waals surface area contributed by atoms with Crippen LogP contribution in [0, 0.1) is 11.8 Å². The van der Waals surface area contributed by atoms with Gasteiger partial charge in [-0.2, -0.15) is 0 Å². The average molecular weight is 449 g/mol. The molecule has 0 aromatic heterocycles. The molecule has 7 heteroatoms. The number of carbonyl (C=O) groups is 3. The lowest BCUT2D eigenvalue weighted by Gasteiger charge is -2.41. The van der Waals surface area contributed by atoms with Crippen LogP contribution in [0.4, 0.5) is 11.4 Å². The maximum absolute atomic E-state index is 12.4. The number of benzene rings is 2. The topological polar surface area (TPSA) is 99.3 Å². The smallest absolute Gasteiger partial charge is 0.237 e. The maximum Gasteiger partial charge on any atom is 0.237 e. The Morgan fingerprint density at radius 3 is 2.36 bits per heavy atom. The molecule has 4 rings (SSSR count). The van der Waals surface area contributed by atoms with E-state index in [2.05, 4.69) is 27.6 Å². The number of anilines is 2. The van der Waals surface area contributed by atoms with Gasteiger partial charge in [-0.3, -0.25) is 19.8 Å². The molecule has 2 aromatic carbocycles. The number of amides is 3. The number of para-hydroxylation sites is 1. The largest absolute Gasteiger partial charge is 0.326 e. The molecule has 7 nitrogen and oxygen atoms in total. The summed E-state index contributed by atoms with van der Waals surface area (Å²) in [5.41, 5.74) is 8.70. The van der Waals surface area contributed by atoms with Crippen LogP contribution >= 0.6 is 0 Å². The number of fused-ring (bicyclic) bond motifs is 1. The summed E-state index contributed by atoms with van der Waals surface area (Å²) in [4.78, 5) is 36.6. The molecule has 174 valence electrons. The molecule has 3 unspecified atom stereocenters. The summed E-state index contributed by atoms with van der Waals surface area (Å²) in [6.45, 7) is 0. The molecule has 3 amide bonds. The van der Waals surface area contributed by atoms with Gasteiger partial charge in [0.1, 0.15) is 0 Å². The van der Waals surface area contributed by atoms with Gasteiger partial charge in [0.2, 0.25) is 17.7 Å². The second kappa shape index (κ2) is 11.1. The van der Waals surface area contributed by atoms with Crippen LogP contribution in [0.15, 0.2) is 54.6 Å². The number of rotatable bonds is 8. The highest BCUT2D eigenvalue weighted by atomic mass is 16.2. The van der Waals surface area contributed by atoms with Crippen LogP contribution in [-0.4, -0.2) is 23.8 Å². The third kappa shape index (κ3) is 6.42. The molecule has 1 saturated carbocycles. The van der Waals surface area contributed by atoms with Gasteiger partial charge in [0.05, 0.1) is 0 Å². The highest BCUT2D eigenvalue weighted by molar-refractivity contribution is 5.93. The predicted octanol–water partition coefficient (Wildman–Crippen LogP) is 3.79. The Bertz CT molecular complexity index is 979. The van der Waals surface area contributed by atoms with Gasteiger partial charge < -0.3 is 10.6 Å². The van der Waals surface area contributed by atoms with Crippen molar-refractivity contribution in [3.05, 3.63) is 60.2 Å². The quantitative estimate of drug-likeness (QED) is 0.494. The normalized spacial score (nSPS) is 22.1. The van der Waals surface area contributed by atoms with E-state index in [1.807, 2.05) is 48.5 Å². The first-order chi connectivity index (χ1) is 16.1. The molecule has 2 fully saturated rings. The number of hydrogen-bond donors (Lipinski definition) is 4. The first kappa shape index (κ1) is 23.0. The average Bonchev–Trinajstić information content (AvgIpc) is 2.82. The summed E-state index contributed by atoms with van der Waals surface area (Å²) < 4.78 is 0. The van der Waals surface area contributed by atoms with E-state index >= 15 is 0 Å². The summed E-state index contributed by atoms with van der Waals surface area (Å²) in [5.74, 6) is 0.383. The predicted molar refractivity (Wildman–Crippen MR) is 128 cm³/mol. The molecule has 1 saturated heterocycles. The van der Waals surface area contributed by atoms with Crippen molar-refractivity contribution in [3.63, 3.8) is 0 Å². The molecule has 4 N–H and O–H groups in total. The van der Waals surface area contributed by atoms with Crippen LogP contribution in [-0.2, 0) is 20.8 Å². The molecular weight excluding hydrogens is 416 g/mol. The standard InChI is InChI=1S/C26H32N4O3/c31-24(27-19-9-2-1-3-10-19)14-7-15-25(32)28-20-11-6-8-18(16-20)17-23-21-12-4-5-13-22(21)26(33)30-29-23/h1-3,6,8-11,16,21-23,29H,4-5,7,12-15,17H2,(H,27,31)(H,28,32)(H,30,33). The minimum Gasteiger partial charge on any atom is -0.326 e. The van der Waals surface area contributed by atoms with Gasteiger partial charge in [-0.1, -0.05) is 43.2 Å². The first-order valence-electron chi connectivity index (χ1n) is 11.9. The van der Waals surface area contributed by atoms with Crippen LogP contribution in [0.2, 0.25) is 0 Å². The molecule has 1 aliphatic heterocycles. The van der Waals surface area contributed by atoms with E-state index in [0.29, 0.717) is 18.8 Å². The first-order valence-corrected chi connectivity index (χ1v) is 11.9. The van der Waals surface area contributed by atoms with Gasteiger partial charge in [0, 0.05) is 36.2 Å². The molecule has 0 spiro atoms. The Labute approximate surface area is 194 Å². The lowest BCUT2D eigenvalue weighted by Crippen LogP contribution is -2.60. The van der Waals surface area contributed by atoms with Crippen LogP contribution in [0.25, 0.3) is 0 Å². The fourth-order valence-corrected chi connectivity index (χ4v) is 4.94. The second-order valence-corrected chi connectivity index (χ2v) is 9.02. The van der Waals surface area contributed by atoms with E-state index in [9.17, 15) is 14.4 Å². The zero-order valence-corrected chi connectivity index (χ0v) is 18.8. The van der Waals surface area contributed by atoms with Crippen molar-refractivity contribution in [1.29, 1.82) is 0 Å². The maximum atomic E-state index is 12.4. The van der Waals surface area contributed by atoms with Gasteiger partial charge in [0.25, 0.3) is 0 Å². The molecule has 0 bridgehead atoms. The number of hydrazine groups is 1. The summed E-state index contributed by atoms with van der Waals surface area (Å²) >= 11 is 0. The highest BCUT2D eigenvalue weighted by Gasteiger charge is 2.39. The molecule has 2 aromatic rings. The van der Waals surface area contributed by atoms with Gasteiger partial charge in [-0.15, -0.1) is 0 Å². The summed E-state index contributed by atoms with van der Waals surface area (Å²) in [7, 11) is 0. The van der Waals surface area contributed by atoms with E-state index in [-0.39, 0.29) is 36.1 Å². The van der Waals surface area contributed by atoms with Crippen molar-refractivity contribution < 1.29 is 14.4 Å². The summed E-state index contributed by atoms with van der Waals surface area (Å²) in [6.07, 6.45) is 6.20. The third-order valence-corrected chi connectivity index (χ3v) is 6.59. The van der Waals surface area contributed by atoms with Gasteiger partial charge in [-0.05, 0) is 61.4 Å². The fourth-order valence-electron chi connectivity index (χ4n) is 4.94. The summed E-state index contributed by atoms with van der Waals surface area (Å²) in [6, 6.07) is 17.4. The van der Waals surface area contributed by atoms with E-state index in [1.54, 1.807) is 0 Å². The Morgan fingerprint density at radius 1 is 0.879 bits per heavy atom. The second-order valence-electron chi connectivity index (χ2n) is 9.02. The Balaban J connectivity index is 1.24. The molecule has 3 atom stereocenters. The fraction of sp³-hybridized carbons (Fsp3) is 0.423. The van der Waals surface area contributed by atoms with E-state index in [1.165, 1.54) is 6.42 Å². The molecule has 0 radical (unpaired) electrons. The van der Waals surface area contributed by atoms with Crippen LogP contribution in [0.3, 0.4) is 0 Å². The minimum absolute atomic E-state index is 0.0934. The van der Waals surface area contributed by atoms with E-state index < -0.39 is 0 Å². The van der Waals surface area contributed by atoms with Crippen molar-refractivity contribution >= 4 is 29.1 Å². The number of carbonyl (C=O) groups excluding carboxylic acids is 3. The van der Waals surface area contributed by atoms with Crippen LogP contribution in [0.5, 0.6) is 0 Å². The zero-order valence-electron chi connectivity index (χ0n) is 18.8. The Hall–Kier alpha value is -3.19. The van der Waals surface area contributed by atoms with Crippen molar-refractivity contribution in [2.24, 2.45) is 11.8 Å². The van der Waals surface area contributed by atoms with E-state index in [4.69, 9.17) is 0 Å². The van der Waals surface area contributed by atoms with Crippen molar-refractivity contribution in [3.8, 4) is 0 Å². The SMILES string of the molecule is O=C(CCCC(=O)Nc1cccc(CC2NNC(=O)C3CCCCC23)c1)Nc1ccccc1. The number of nitrogens with one attached hydrogen (secondary N) is 4. The summed E-state index contributed by atoms with van der Waals surface area (Å²) in [5, 5.41) is 5.78. The molecular formula is C26H32N4O3. The third-order valence-electron chi connectivity index (χ3n) is 6.59. The van der Waals surface area contributed by atoms with Crippen molar-refractivity contribution in [1.82, 2.24) is 10.9 Å². The minimum atomic E-state index is -0.102. The molecule has 1 aliphatic carbocycles. The molecule has 2 aliphatic rings. The van der Waals surface area contributed by atoms with Gasteiger partial charge in [0.15, 0.2) is 0 Å². The lowest BCUT2D eigenvalue weighted by molar-refractivity contribution is -0.133. The zero-order chi connectivity index (χ0) is 23.0. The van der Waals surface area contributed by atoms with Crippen LogP contribution in [0.1, 0.15) is 50.5 Å². The Kier molecular flexibility index (Phi) is 7.73. The Morgan fingerprint density at radius 2 is 1.58 bits per heavy atom. The molecule has 33 heavy (non-hydrogen) atoms. The van der Waals surface area contributed by atoms with Gasteiger partial charge in [-0.25, -0.2) is 5.43 Å². The van der Waals surface area contributed by atoms with Gasteiger partial charge >= 0.3 is 0 Å². The monoisotopic (exact) mass is 448 g/mol. The van der Waals surface area contributed by atoms with E-state index in [0.717, 1.165) is 42.6 Å². The highest BCUT2D eigenvalue weighted by Crippen LogP contribution is 2.35.